The molecule has 0 fully saturated rings. The van der Waals surface area contributed by atoms with Gasteiger partial charge in [0.05, 0.1) is 23.9 Å². The van der Waals surface area contributed by atoms with Crippen LogP contribution in [0.3, 0.4) is 0 Å². The highest BCUT2D eigenvalue weighted by Crippen LogP contribution is 2.25. The molecule has 0 saturated carbocycles. The summed E-state index contributed by atoms with van der Waals surface area (Å²) in [5.74, 6) is -0.150. The molecule has 0 aromatic heterocycles. The van der Waals surface area contributed by atoms with Crippen molar-refractivity contribution >= 4 is 50.7 Å². The second kappa shape index (κ2) is 8.91. The summed E-state index contributed by atoms with van der Waals surface area (Å²) in [7, 11) is 1.53. The van der Waals surface area contributed by atoms with Gasteiger partial charge >= 0.3 is 0 Å². The Hall–Kier alpha value is -2.83. The summed E-state index contributed by atoms with van der Waals surface area (Å²) < 4.78 is 5.79. The van der Waals surface area contributed by atoms with E-state index < -0.39 is 0 Å². The molecule has 0 unspecified atom stereocenters. The maximum absolute atomic E-state index is 12.7. The van der Waals surface area contributed by atoms with Crippen molar-refractivity contribution in [1.82, 2.24) is 0 Å². The molecule has 0 atom stereocenters. The van der Waals surface area contributed by atoms with Gasteiger partial charge in [0.25, 0.3) is 11.8 Å². The quantitative estimate of drug-likeness (QED) is 0.521. The topological polar surface area (TPSA) is 67.4 Å². The van der Waals surface area contributed by atoms with Crippen LogP contribution in [0.4, 0.5) is 11.4 Å². The molecular formula is C21H16BrClN2O3. The SMILES string of the molecule is COc1ccc(Br)c(C(=O)Nc2ccccc2C(=O)Nc2ccc(Cl)cc2)c1. The Labute approximate surface area is 175 Å². The number of carbonyl (C=O) groups excluding carboxylic acids is 2. The van der Waals surface area contributed by atoms with Gasteiger partial charge in [0, 0.05) is 15.2 Å². The van der Waals surface area contributed by atoms with Crippen LogP contribution < -0.4 is 15.4 Å². The van der Waals surface area contributed by atoms with Gasteiger partial charge in [-0.1, -0.05) is 23.7 Å². The van der Waals surface area contributed by atoms with Gasteiger partial charge in [0.15, 0.2) is 0 Å². The summed E-state index contributed by atoms with van der Waals surface area (Å²) in [5, 5.41) is 6.16. The molecule has 2 N–H and O–H groups in total. The van der Waals surface area contributed by atoms with E-state index >= 15 is 0 Å². The van der Waals surface area contributed by atoms with Crippen molar-refractivity contribution in [2.75, 3.05) is 17.7 Å². The highest BCUT2D eigenvalue weighted by Gasteiger charge is 2.16. The maximum Gasteiger partial charge on any atom is 0.257 e. The van der Waals surface area contributed by atoms with Crippen LogP contribution in [0.25, 0.3) is 0 Å². The third-order valence-corrected chi connectivity index (χ3v) is 4.88. The average Bonchev–Trinajstić information content (AvgIpc) is 2.70. The summed E-state index contributed by atoms with van der Waals surface area (Å²) in [6.45, 7) is 0. The molecule has 7 heteroatoms. The summed E-state index contributed by atoms with van der Waals surface area (Å²) >= 11 is 9.23. The summed E-state index contributed by atoms with van der Waals surface area (Å²) in [6, 6.07) is 18.7. The van der Waals surface area contributed by atoms with Gasteiger partial charge in [0.1, 0.15) is 5.75 Å². The van der Waals surface area contributed by atoms with E-state index in [9.17, 15) is 9.59 Å². The molecule has 2 amide bonds. The van der Waals surface area contributed by atoms with E-state index in [0.29, 0.717) is 37.7 Å². The van der Waals surface area contributed by atoms with E-state index in [1.807, 2.05) is 0 Å². The van der Waals surface area contributed by atoms with Crippen molar-refractivity contribution in [3.63, 3.8) is 0 Å². The molecule has 0 aliphatic carbocycles. The number of hydrogen-bond acceptors (Lipinski definition) is 3. The molecule has 0 radical (unpaired) electrons. The molecular weight excluding hydrogens is 444 g/mol. The van der Waals surface area contributed by atoms with Crippen LogP contribution in [0.15, 0.2) is 71.2 Å². The first-order valence-electron chi connectivity index (χ1n) is 8.29. The number of halogens is 2. The van der Waals surface area contributed by atoms with E-state index in [0.717, 1.165) is 0 Å². The van der Waals surface area contributed by atoms with Crippen molar-refractivity contribution in [3.05, 3.63) is 87.4 Å². The minimum atomic E-state index is -0.363. The van der Waals surface area contributed by atoms with Crippen molar-refractivity contribution in [2.45, 2.75) is 0 Å². The van der Waals surface area contributed by atoms with Crippen LogP contribution in [0.5, 0.6) is 5.75 Å². The van der Waals surface area contributed by atoms with Crippen molar-refractivity contribution < 1.29 is 14.3 Å². The second-order valence-corrected chi connectivity index (χ2v) is 7.10. The van der Waals surface area contributed by atoms with Gasteiger partial charge in [-0.3, -0.25) is 9.59 Å². The smallest absolute Gasteiger partial charge is 0.257 e. The molecule has 3 aromatic rings. The number of rotatable bonds is 5. The Morgan fingerprint density at radius 2 is 1.57 bits per heavy atom. The van der Waals surface area contributed by atoms with Gasteiger partial charge in [-0.15, -0.1) is 0 Å². The Balaban J connectivity index is 1.83. The van der Waals surface area contributed by atoms with Gasteiger partial charge in [0.2, 0.25) is 0 Å². The largest absolute Gasteiger partial charge is 0.497 e. The third kappa shape index (κ3) is 4.71. The molecule has 0 spiro atoms. The fourth-order valence-electron chi connectivity index (χ4n) is 2.52. The van der Waals surface area contributed by atoms with Gasteiger partial charge in [-0.2, -0.15) is 0 Å². The third-order valence-electron chi connectivity index (χ3n) is 3.94. The normalized spacial score (nSPS) is 10.2. The van der Waals surface area contributed by atoms with Crippen LogP contribution in [0.1, 0.15) is 20.7 Å². The lowest BCUT2D eigenvalue weighted by molar-refractivity contribution is 0.102. The molecule has 0 heterocycles. The van der Waals surface area contributed by atoms with E-state index in [-0.39, 0.29) is 11.8 Å². The predicted molar refractivity (Wildman–Crippen MR) is 114 cm³/mol. The van der Waals surface area contributed by atoms with Crippen LogP contribution in [-0.2, 0) is 0 Å². The first-order chi connectivity index (χ1) is 13.5. The number of benzene rings is 3. The van der Waals surface area contributed by atoms with E-state index in [1.54, 1.807) is 66.7 Å². The molecule has 3 aromatic carbocycles. The molecule has 0 bridgehead atoms. The lowest BCUT2D eigenvalue weighted by Gasteiger charge is -2.13. The molecule has 5 nitrogen and oxygen atoms in total. The Kier molecular flexibility index (Phi) is 6.34. The fourth-order valence-corrected chi connectivity index (χ4v) is 3.07. The fraction of sp³-hybridized carbons (Fsp3) is 0.0476. The Morgan fingerprint density at radius 1 is 0.893 bits per heavy atom. The number of para-hydroxylation sites is 1. The minimum absolute atomic E-state index is 0.338. The lowest BCUT2D eigenvalue weighted by atomic mass is 10.1. The molecule has 3 rings (SSSR count). The van der Waals surface area contributed by atoms with Gasteiger partial charge < -0.3 is 15.4 Å². The molecule has 28 heavy (non-hydrogen) atoms. The zero-order valence-corrected chi connectivity index (χ0v) is 17.2. The summed E-state index contributed by atoms with van der Waals surface area (Å²) in [5.41, 5.74) is 1.73. The van der Waals surface area contributed by atoms with Crippen molar-refractivity contribution in [3.8, 4) is 5.75 Å². The molecule has 0 saturated heterocycles. The van der Waals surface area contributed by atoms with Gasteiger partial charge in [-0.25, -0.2) is 0 Å². The van der Waals surface area contributed by atoms with E-state index in [1.165, 1.54) is 7.11 Å². The van der Waals surface area contributed by atoms with Crippen LogP contribution >= 0.6 is 27.5 Å². The van der Waals surface area contributed by atoms with Gasteiger partial charge in [-0.05, 0) is 70.5 Å². The Morgan fingerprint density at radius 3 is 2.29 bits per heavy atom. The highest BCUT2D eigenvalue weighted by atomic mass is 79.9. The van der Waals surface area contributed by atoms with Crippen LogP contribution in [-0.4, -0.2) is 18.9 Å². The van der Waals surface area contributed by atoms with E-state index in [4.69, 9.17) is 16.3 Å². The zero-order chi connectivity index (χ0) is 20.1. The second-order valence-electron chi connectivity index (χ2n) is 5.81. The number of methoxy groups -OCH3 is 1. The average molecular weight is 460 g/mol. The van der Waals surface area contributed by atoms with Crippen molar-refractivity contribution in [1.29, 1.82) is 0 Å². The summed E-state index contributed by atoms with van der Waals surface area (Å²) in [6.07, 6.45) is 0. The standard InChI is InChI=1S/C21H16BrClN2O3/c1-28-15-10-11-18(22)17(12-15)21(27)25-19-5-3-2-4-16(19)20(26)24-14-8-6-13(23)7-9-14/h2-12H,1H3,(H,24,26)(H,25,27). The number of ether oxygens (including phenoxy) is 1. The minimum Gasteiger partial charge on any atom is -0.497 e. The van der Waals surface area contributed by atoms with Crippen LogP contribution in [0.2, 0.25) is 5.02 Å². The number of hydrogen-bond donors (Lipinski definition) is 2. The monoisotopic (exact) mass is 458 g/mol. The highest BCUT2D eigenvalue weighted by molar-refractivity contribution is 9.10. The number of amides is 2. The zero-order valence-electron chi connectivity index (χ0n) is 14.8. The first kappa shape index (κ1) is 19.9. The Bertz CT molecular complexity index is 1020. The van der Waals surface area contributed by atoms with E-state index in [2.05, 4.69) is 26.6 Å². The van der Waals surface area contributed by atoms with Crippen molar-refractivity contribution in [2.24, 2.45) is 0 Å². The van der Waals surface area contributed by atoms with Crippen LogP contribution in [0, 0.1) is 0 Å². The first-order valence-corrected chi connectivity index (χ1v) is 9.46. The number of anilines is 2. The predicted octanol–water partition coefficient (Wildman–Crippen LogP) is 5.62. The molecule has 0 aliphatic rings. The number of nitrogens with one attached hydrogen (secondary N) is 2. The lowest BCUT2D eigenvalue weighted by Crippen LogP contribution is -2.18. The molecule has 0 aliphatic heterocycles. The maximum atomic E-state index is 12.7. The summed E-state index contributed by atoms with van der Waals surface area (Å²) in [4.78, 5) is 25.4. The molecule has 142 valence electrons. The number of carbonyl (C=O) groups is 2.